The van der Waals surface area contributed by atoms with Gasteiger partial charge in [-0.15, -0.1) is 0 Å². The van der Waals surface area contributed by atoms with Crippen molar-refractivity contribution in [3.8, 4) is 0 Å². The maximum Gasteiger partial charge on any atom is 0.288 e. The number of carbonyl (C=O) groups is 1. The summed E-state index contributed by atoms with van der Waals surface area (Å²) in [5.74, 6) is 1.44. The molecule has 1 aliphatic carbocycles. The van der Waals surface area contributed by atoms with Crippen LogP contribution in [0, 0.1) is 11.8 Å². The van der Waals surface area contributed by atoms with Gasteiger partial charge in [-0.3, -0.25) is 9.89 Å². The minimum atomic E-state index is -0.147. The first kappa shape index (κ1) is 11.1. The fourth-order valence-corrected chi connectivity index (χ4v) is 2.58. The van der Waals surface area contributed by atoms with Crippen LogP contribution >= 0.6 is 0 Å². The zero-order chi connectivity index (χ0) is 11.5. The summed E-state index contributed by atoms with van der Waals surface area (Å²) in [6, 6.07) is 0.280. The van der Waals surface area contributed by atoms with Gasteiger partial charge in [-0.05, 0) is 24.7 Å². The summed E-state index contributed by atoms with van der Waals surface area (Å²) in [5.41, 5.74) is 0. The van der Waals surface area contributed by atoms with E-state index in [1.54, 1.807) is 0 Å². The number of aromatic amines is 1. The molecule has 88 valence electrons. The number of amides is 1. The van der Waals surface area contributed by atoms with Gasteiger partial charge in [-0.25, -0.2) is 4.98 Å². The monoisotopic (exact) mass is 222 g/mol. The van der Waals surface area contributed by atoms with Crippen LogP contribution in [0.2, 0.25) is 0 Å². The lowest BCUT2D eigenvalue weighted by Crippen LogP contribution is -2.38. The van der Waals surface area contributed by atoms with E-state index < -0.39 is 0 Å². The third-order valence-electron chi connectivity index (χ3n) is 3.70. The highest BCUT2D eigenvalue weighted by atomic mass is 16.2. The largest absolute Gasteiger partial charge is 0.346 e. The van der Waals surface area contributed by atoms with E-state index in [9.17, 15) is 4.79 Å². The van der Waals surface area contributed by atoms with Crippen LogP contribution in [0.15, 0.2) is 6.33 Å². The summed E-state index contributed by atoms with van der Waals surface area (Å²) in [5, 5.41) is 9.27. The second kappa shape index (κ2) is 4.63. The quantitative estimate of drug-likeness (QED) is 0.811. The Kier molecular flexibility index (Phi) is 3.22. The molecule has 1 saturated carbocycles. The van der Waals surface area contributed by atoms with Crippen molar-refractivity contribution >= 4 is 5.91 Å². The Morgan fingerprint density at radius 2 is 2.44 bits per heavy atom. The number of hydrogen-bond acceptors (Lipinski definition) is 3. The number of carbonyl (C=O) groups excluding carboxylic acids is 1. The molecule has 1 fully saturated rings. The van der Waals surface area contributed by atoms with Crippen LogP contribution in [0.5, 0.6) is 0 Å². The molecule has 0 saturated heterocycles. The number of H-pyrrole nitrogens is 1. The molecule has 0 bridgehead atoms. The van der Waals surface area contributed by atoms with Crippen molar-refractivity contribution < 1.29 is 4.79 Å². The molecule has 5 heteroatoms. The molecule has 1 heterocycles. The van der Waals surface area contributed by atoms with E-state index in [4.69, 9.17) is 0 Å². The van der Waals surface area contributed by atoms with Crippen LogP contribution in [0.4, 0.5) is 0 Å². The Morgan fingerprint density at radius 3 is 3.00 bits per heavy atom. The van der Waals surface area contributed by atoms with Gasteiger partial charge in [0.1, 0.15) is 6.33 Å². The minimum absolute atomic E-state index is 0.147. The fourth-order valence-electron chi connectivity index (χ4n) is 2.58. The first-order valence-electron chi connectivity index (χ1n) is 5.88. The predicted octanol–water partition coefficient (Wildman–Crippen LogP) is 1.36. The van der Waals surface area contributed by atoms with Crippen molar-refractivity contribution in [2.45, 2.75) is 39.2 Å². The first-order valence-corrected chi connectivity index (χ1v) is 5.88. The molecule has 5 nitrogen and oxygen atoms in total. The van der Waals surface area contributed by atoms with Crippen LogP contribution in [-0.2, 0) is 0 Å². The maximum absolute atomic E-state index is 11.8. The molecule has 0 aromatic carbocycles. The van der Waals surface area contributed by atoms with Crippen LogP contribution in [0.1, 0.15) is 43.7 Å². The summed E-state index contributed by atoms with van der Waals surface area (Å²) in [6.07, 6.45) is 4.82. The molecule has 1 aromatic heterocycles. The average Bonchev–Trinajstić information content (AvgIpc) is 2.89. The molecule has 0 aliphatic heterocycles. The first-order chi connectivity index (χ1) is 7.72. The fraction of sp³-hybridized carbons (Fsp3) is 0.727. The summed E-state index contributed by atoms with van der Waals surface area (Å²) in [4.78, 5) is 15.6. The molecule has 1 aromatic rings. The van der Waals surface area contributed by atoms with Crippen molar-refractivity contribution in [1.82, 2.24) is 20.5 Å². The Balaban J connectivity index is 1.94. The molecule has 16 heavy (non-hydrogen) atoms. The van der Waals surface area contributed by atoms with E-state index in [2.05, 4.69) is 34.3 Å². The number of nitrogens with zero attached hydrogens (tertiary/aromatic N) is 2. The van der Waals surface area contributed by atoms with Gasteiger partial charge in [-0.1, -0.05) is 20.3 Å². The van der Waals surface area contributed by atoms with Crippen LogP contribution in [0.3, 0.4) is 0 Å². The van der Waals surface area contributed by atoms with E-state index in [1.165, 1.54) is 19.2 Å². The van der Waals surface area contributed by atoms with Gasteiger partial charge < -0.3 is 5.32 Å². The predicted molar refractivity (Wildman–Crippen MR) is 59.8 cm³/mol. The molecule has 1 aliphatic rings. The third kappa shape index (κ3) is 2.08. The smallest absolute Gasteiger partial charge is 0.288 e. The zero-order valence-corrected chi connectivity index (χ0v) is 9.73. The second-order valence-corrected chi connectivity index (χ2v) is 4.52. The zero-order valence-electron chi connectivity index (χ0n) is 9.73. The second-order valence-electron chi connectivity index (χ2n) is 4.52. The maximum atomic E-state index is 11.8. The van der Waals surface area contributed by atoms with E-state index in [0.717, 1.165) is 12.3 Å². The molecule has 1 amide bonds. The van der Waals surface area contributed by atoms with E-state index >= 15 is 0 Å². The molecule has 3 unspecified atom stereocenters. The summed E-state index contributed by atoms with van der Waals surface area (Å²) < 4.78 is 0. The number of aromatic nitrogens is 3. The van der Waals surface area contributed by atoms with Gasteiger partial charge in [0, 0.05) is 6.04 Å². The van der Waals surface area contributed by atoms with Gasteiger partial charge in [-0.2, -0.15) is 5.10 Å². The van der Waals surface area contributed by atoms with Crippen molar-refractivity contribution in [3.63, 3.8) is 0 Å². The molecular weight excluding hydrogens is 204 g/mol. The summed E-state index contributed by atoms with van der Waals surface area (Å²) in [7, 11) is 0. The molecule has 0 radical (unpaired) electrons. The Hall–Kier alpha value is -1.39. The van der Waals surface area contributed by atoms with E-state index in [-0.39, 0.29) is 11.9 Å². The third-order valence-corrected chi connectivity index (χ3v) is 3.70. The molecule has 3 atom stereocenters. The standard InChI is InChI=1S/C11H18N4O/c1-3-8-4-5-9(7(8)2)14-11(16)10-12-6-13-15-10/h6-9H,3-5H2,1-2H3,(H,14,16)(H,12,13,15). The Bertz CT molecular complexity index is 349. The Morgan fingerprint density at radius 1 is 1.62 bits per heavy atom. The average molecular weight is 222 g/mol. The lowest BCUT2D eigenvalue weighted by Gasteiger charge is -2.20. The topological polar surface area (TPSA) is 70.7 Å². The van der Waals surface area contributed by atoms with Gasteiger partial charge in [0.05, 0.1) is 0 Å². The summed E-state index contributed by atoms with van der Waals surface area (Å²) >= 11 is 0. The van der Waals surface area contributed by atoms with Crippen molar-refractivity contribution in [2.75, 3.05) is 0 Å². The molecule has 2 rings (SSSR count). The lowest BCUT2D eigenvalue weighted by molar-refractivity contribution is 0.0916. The van der Waals surface area contributed by atoms with Crippen LogP contribution < -0.4 is 5.32 Å². The number of rotatable bonds is 3. The van der Waals surface area contributed by atoms with Crippen molar-refractivity contribution in [3.05, 3.63) is 12.2 Å². The minimum Gasteiger partial charge on any atom is -0.346 e. The highest BCUT2D eigenvalue weighted by Gasteiger charge is 2.32. The van der Waals surface area contributed by atoms with Crippen molar-refractivity contribution in [1.29, 1.82) is 0 Å². The SMILES string of the molecule is CCC1CCC(NC(=O)c2ncn[nH]2)C1C. The highest BCUT2D eigenvalue weighted by Crippen LogP contribution is 2.33. The number of nitrogens with one attached hydrogen (secondary N) is 2. The molecular formula is C11H18N4O. The van der Waals surface area contributed by atoms with E-state index in [0.29, 0.717) is 11.7 Å². The van der Waals surface area contributed by atoms with Crippen LogP contribution in [0.25, 0.3) is 0 Å². The lowest BCUT2D eigenvalue weighted by atomic mass is 9.93. The molecule has 2 N–H and O–H groups in total. The normalized spacial score (nSPS) is 29.2. The van der Waals surface area contributed by atoms with E-state index in [1.807, 2.05) is 0 Å². The van der Waals surface area contributed by atoms with Gasteiger partial charge in [0.15, 0.2) is 0 Å². The van der Waals surface area contributed by atoms with Gasteiger partial charge in [0.2, 0.25) is 5.82 Å². The van der Waals surface area contributed by atoms with Crippen molar-refractivity contribution in [2.24, 2.45) is 11.8 Å². The molecule has 0 spiro atoms. The van der Waals surface area contributed by atoms with Crippen LogP contribution in [-0.4, -0.2) is 27.1 Å². The van der Waals surface area contributed by atoms with Gasteiger partial charge in [0.25, 0.3) is 5.91 Å². The van der Waals surface area contributed by atoms with Gasteiger partial charge >= 0.3 is 0 Å². The highest BCUT2D eigenvalue weighted by molar-refractivity contribution is 5.90. The number of hydrogen-bond donors (Lipinski definition) is 2. The summed E-state index contributed by atoms with van der Waals surface area (Å²) in [6.45, 7) is 4.42. The Labute approximate surface area is 95.0 Å².